The standard InChI is InChI=1S/C14H24N2O2S/c1-5-10(2)8-12(4)16-19(17,18)13-6-7-14(15)11(3)9-13/h6-7,9-10,12,16H,5,8,15H2,1-4H3. The summed E-state index contributed by atoms with van der Waals surface area (Å²) in [6.45, 7) is 7.93. The van der Waals surface area contributed by atoms with E-state index in [4.69, 9.17) is 5.73 Å². The molecular formula is C14H24N2O2S. The zero-order valence-electron chi connectivity index (χ0n) is 12.1. The first-order chi connectivity index (χ1) is 8.76. The summed E-state index contributed by atoms with van der Waals surface area (Å²) in [6.07, 6.45) is 1.89. The van der Waals surface area contributed by atoms with E-state index >= 15 is 0 Å². The molecule has 2 unspecified atom stereocenters. The lowest BCUT2D eigenvalue weighted by Crippen LogP contribution is -2.33. The Kier molecular flexibility index (Phi) is 5.38. The molecule has 108 valence electrons. The minimum absolute atomic E-state index is 0.0715. The average molecular weight is 284 g/mol. The van der Waals surface area contributed by atoms with Crippen LogP contribution in [-0.2, 0) is 10.0 Å². The van der Waals surface area contributed by atoms with Gasteiger partial charge in [-0.05, 0) is 49.9 Å². The van der Waals surface area contributed by atoms with Crippen LogP contribution in [0.15, 0.2) is 23.1 Å². The van der Waals surface area contributed by atoms with Crippen LogP contribution in [0.25, 0.3) is 0 Å². The number of hydrogen-bond donors (Lipinski definition) is 2. The Morgan fingerprint density at radius 1 is 1.32 bits per heavy atom. The lowest BCUT2D eigenvalue weighted by Gasteiger charge is -2.18. The predicted octanol–water partition coefficient (Wildman–Crippen LogP) is 2.68. The first-order valence-electron chi connectivity index (χ1n) is 6.64. The summed E-state index contributed by atoms with van der Waals surface area (Å²) in [6, 6.07) is 4.70. The van der Waals surface area contributed by atoms with Crippen LogP contribution in [0.1, 0.15) is 39.2 Å². The third-order valence-electron chi connectivity index (χ3n) is 3.36. The molecule has 0 aliphatic carbocycles. The van der Waals surface area contributed by atoms with Crippen molar-refractivity contribution >= 4 is 15.7 Å². The maximum absolute atomic E-state index is 12.2. The molecule has 3 N–H and O–H groups in total. The Balaban J connectivity index is 2.83. The van der Waals surface area contributed by atoms with Gasteiger partial charge >= 0.3 is 0 Å². The Bertz CT molecular complexity index is 526. The molecule has 4 nitrogen and oxygen atoms in total. The fourth-order valence-electron chi connectivity index (χ4n) is 1.97. The Hall–Kier alpha value is -1.07. The number of aryl methyl sites for hydroxylation is 1. The molecule has 0 spiro atoms. The number of nitrogens with one attached hydrogen (secondary N) is 1. The average Bonchev–Trinajstić information content (AvgIpc) is 2.31. The maximum atomic E-state index is 12.2. The summed E-state index contributed by atoms with van der Waals surface area (Å²) in [4.78, 5) is 0.273. The Morgan fingerprint density at radius 2 is 1.95 bits per heavy atom. The van der Waals surface area contributed by atoms with Gasteiger partial charge in [0.2, 0.25) is 10.0 Å². The molecule has 0 aliphatic rings. The van der Waals surface area contributed by atoms with E-state index in [1.165, 1.54) is 0 Å². The first kappa shape index (κ1) is 16.0. The molecule has 0 radical (unpaired) electrons. The minimum atomic E-state index is -3.46. The maximum Gasteiger partial charge on any atom is 0.240 e. The van der Waals surface area contributed by atoms with Gasteiger partial charge in [0.15, 0.2) is 0 Å². The summed E-state index contributed by atoms with van der Waals surface area (Å²) in [5.41, 5.74) is 7.08. The van der Waals surface area contributed by atoms with Crippen LogP contribution in [0.4, 0.5) is 5.69 Å². The van der Waals surface area contributed by atoms with Crippen LogP contribution < -0.4 is 10.5 Å². The van der Waals surface area contributed by atoms with E-state index in [1.54, 1.807) is 25.1 Å². The van der Waals surface area contributed by atoms with E-state index in [2.05, 4.69) is 18.6 Å². The normalized spacial score (nSPS) is 15.2. The molecule has 0 bridgehead atoms. The molecular weight excluding hydrogens is 260 g/mol. The molecule has 19 heavy (non-hydrogen) atoms. The van der Waals surface area contributed by atoms with E-state index < -0.39 is 10.0 Å². The van der Waals surface area contributed by atoms with Crippen molar-refractivity contribution < 1.29 is 8.42 Å². The van der Waals surface area contributed by atoms with Crippen molar-refractivity contribution in [2.45, 2.75) is 51.5 Å². The number of sulfonamides is 1. The van der Waals surface area contributed by atoms with Crippen molar-refractivity contribution in [2.24, 2.45) is 5.92 Å². The number of nitrogen functional groups attached to an aromatic ring is 1. The number of anilines is 1. The van der Waals surface area contributed by atoms with Gasteiger partial charge in [-0.1, -0.05) is 20.3 Å². The van der Waals surface area contributed by atoms with E-state index in [0.717, 1.165) is 18.4 Å². The van der Waals surface area contributed by atoms with Crippen molar-refractivity contribution in [2.75, 3.05) is 5.73 Å². The number of hydrogen-bond acceptors (Lipinski definition) is 3. The highest BCUT2D eigenvalue weighted by Gasteiger charge is 2.18. The Labute approximate surface area is 116 Å². The van der Waals surface area contributed by atoms with E-state index in [-0.39, 0.29) is 10.9 Å². The highest BCUT2D eigenvalue weighted by molar-refractivity contribution is 7.89. The van der Waals surface area contributed by atoms with Gasteiger partial charge in [-0.25, -0.2) is 13.1 Å². The SMILES string of the molecule is CCC(C)CC(C)NS(=O)(=O)c1ccc(N)c(C)c1. The molecule has 5 heteroatoms. The van der Waals surface area contributed by atoms with Gasteiger partial charge < -0.3 is 5.73 Å². The van der Waals surface area contributed by atoms with Gasteiger partial charge in [0.25, 0.3) is 0 Å². The van der Waals surface area contributed by atoms with Crippen LogP contribution in [0.5, 0.6) is 0 Å². The number of benzene rings is 1. The molecule has 0 aromatic heterocycles. The zero-order chi connectivity index (χ0) is 14.6. The lowest BCUT2D eigenvalue weighted by atomic mass is 10.0. The smallest absolute Gasteiger partial charge is 0.240 e. The largest absolute Gasteiger partial charge is 0.399 e. The van der Waals surface area contributed by atoms with Crippen molar-refractivity contribution in [1.82, 2.24) is 4.72 Å². The van der Waals surface area contributed by atoms with E-state index in [1.807, 2.05) is 6.92 Å². The van der Waals surface area contributed by atoms with Crippen molar-refractivity contribution in [3.05, 3.63) is 23.8 Å². The van der Waals surface area contributed by atoms with Crippen LogP contribution in [0, 0.1) is 12.8 Å². The van der Waals surface area contributed by atoms with Crippen LogP contribution in [0.2, 0.25) is 0 Å². The summed E-state index contributed by atoms with van der Waals surface area (Å²) in [5.74, 6) is 0.505. The molecule has 0 heterocycles. The molecule has 0 fully saturated rings. The van der Waals surface area contributed by atoms with Gasteiger partial charge in [0, 0.05) is 11.7 Å². The van der Waals surface area contributed by atoms with Gasteiger partial charge in [-0.3, -0.25) is 0 Å². The summed E-state index contributed by atoms with van der Waals surface area (Å²) < 4.78 is 27.2. The summed E-state index contributed by atoms with van der Waals surface area (Å²) >= 11 is 0. The van der Waals surface area contributed by atoms with Gasteiger partial charge in [0.05, 0.1) is 4.90 Å². The van der Waals surface area contributed by atoms with Gasteiger partial charge in [-0.15, -0.1) is 0 Å². The van der Waals surface area contributed by atoms with Gasteiger partial charge in [0.1, 0.15) is 0 Å². The topological polar surface area (TPSA) is 72.2 Å². The summed E-state index contributed by atoms with van der Waals surface area (Å²) in [5, 5.41) is 0. The molecule has 1 aromatic rings. The molecule has 0 aliphatic heterocycles. The third kappa shape index (κ3) is 4.51. The second-order valence-corrected chi connectivity index (χ2v) is 7.00. The quantitative estimate of drug-likeness (QED) is 0.789. The third-order valence-corrected chi connectivity index (χ3v) is 4.95. The zero-order valence-corrected chi connectivity index (χ0v) is 12.9. The van der Waals surface area contributed by atoms with Crippen molar-refractivity contribution in [3.8, 4) is 0 Å². The monoisotopic (exact) mass is 284 g/mol. The number of nitrogens with two attached hydrogens (primary N) is 1. The molecule has 0 amide bonds. The van der Waals surface area contributed by atoms with Crippen molar-refractivity contribution in [3.63, 3.8) is 0 Å². The second-order valence-electron chi connectivity index (χ2n) is 5.29. The van der Waals surface area contributed by atoms with E-state index in [0.29, 0.717) is 11.6 Å². The van der Waals surface area contributed by atoms with E-state index in [9.17, 15) is 8.42 Å². The minimum Gasteiger partial charge on any atom is -0.399 e. The lowest BCUT2D eigenvalue weighted by molar-refractivity contribution is 0.445. The molecule has 2 atom stereocenters. The predicted molar refractivity (Wildman–Crippen MR) is 79.4 cm³/mol. The number of rotatable bonds is 6. The molecule has 0 saturated heterocycles. The van der Waals surface area contributed by atoms with Crippen LogP contribution in [0.3, 0.4) is 0 Å². The molecule has 0 saturated carbocycles. The van der Waals surface area contributed by atoms with Crippen LogP contribution in [-0.4, -0.2) is 14.5 Å². The first-order valence-corrected chi connectivity index (χ1v) is 8.13. The molecule has 1 aromatic carbocycles. The van der Waals surface area contributed by atoms with Crippen molar-refractivity contribution in [1.29, 1.82) is 0 Å². The van der Waals surface area contributed by atoms with Gasteiger partial charge in [-0.2, -0.15) is 0 Å². The highest BCUT2D eigenvalue weighted by atomic mass is 32.2. The second kappa shape index (κ2) is 6.39. The summed E-state index contributed by atoms with van der Waals surface area (Å²) in [7, 11) is -3.46. The van der Waals surface area contributed by atoms with Crippen LogP contribution >= 0.6 is 0 Å². The highest BCUT2D eigenvalue weighted by Crippen LogP contribution is 2.18. The fourth-order valence-corrected chi connectivity index (χ4v) is 3.31. The Morgan fingerprint density at radius 3 is 2.47 bits per heavy atom. The molecule has 1 rings (SSSR count). The fraction of sp³-hybridized carbons (Fsp3) is 0.571.